The van der Waals surface area contributed by atoms with Crippen molar-refractivity contribution in [1.29, 1.82) is 0 Å². The summed E-state index contributed by atoms with van der Waals surface area (Å²) in [6, 6.07) is 7.80. The Morgan fingerprint density at radius 2 is 2.00 bits per heavy atom. The van der Waals surface area contributed by atoms with Gasteiger partial charge in [0.1, 0.15) is 30.7 Å². The lowest BCUT2D eigenvalue weighted by Gasteiger charge is -2.23. The summed E-state index contributed by atoms with van der Waals surface area (Å²) < 4.78 is 25.6. The molecule has 3 aromatic rings. The molecule has 0 fully saturated rings. The Hall–Kier alpha value is -2.68. The Bertz CT molecular complexity index is 1050. The monoisotopic (exact) mass is 462 g/mol. The molecule has 2 N–H and O–H groups in total. The van der Waals surface area contributed by atoms with Crippen molar-refractivity contribution >= 4 is 34.0 Å². The number of methoxy groups -OCH3 is 1. The van der Waals surface area contributed by atoms with E-state index in [0.717, 1.165) is 19.5 Å². The molecular formula is C23H28ClFN4O3. The van der Waals surface area contributed by atoms with E-state index in [0.29, 0.717) is 39.8 Å². The molecule has 7 nitrogen and oxygen atoms in total. The summed E-state index contributed by atoms with van der Waals surface area (Å²) in [5.74, 6) is 0.841. The van der Waals surface area contributed by atoms with Crippen LogP contribution in [0, 0.1) is 5.82 Å². The third-order valence-electron chi connectivity index (χ3n) is 4.99. The smallest absolute Gasteiger partial charge is 0.163 e. The summed E-state index contributed by atoms with van der Waals surface area (Å²) in [5, 5.41) is 14.3. The van der Waals surface area contributed by atoms with Gasteiger partial charge in [0.05, 0.1) is 18.3 Å². The van der Waals surface area contributed by atoms with Crippen LogP contribution in [0.2, 0.25) is 5.02 Å². The van der Waals surface area contributed by atoms with Crippen molar-refractivity contribution in [2.75, 3.05) is 38.7 Å². The van der Waals surface area contributed by atoms with E-state index < -0.39 is 11.9 Å². The lowest BCUT2D eigenvalue weighted by Crippen LogP contribution is -2.36. The van der Waals surface area contributed by atoms with Crippen LogP contribution in [0.5, 0.6) is 11.5 Å². The number of anilines is 2. The average Bonchev–Trinajstić information content (AvgIpc) is 2.78. The normalized spacial score (nSPS) is 12.2. The number of ether oxygens (including phenoxy) is 2. The highest BCUT2D eigenvalue weighted by Gasteiger charge is 2.16. The van der Waals surface area contributed by atoms with Gasteiger partial charge in [-0.15, -0.1) is 0 Å². The van der Waals surface area contributed by atoms with Crippen LogP contribution in [-0.2, 0) is 0 Å². The summed E-state index contributed by atoms with van der Waals surface area (Å²) in [7, 11) is 1.53. The highest BCUT2D eigenvalue weighted by molar-refractivity contribution is 6.30. The first-order chi connectivity index (χ1) is 15.4. The number of fused-ring (bicyclic) bond motifs is 1. The van der Waals surface area contributed by atoms with Crippen molar-refractivity contribution in [3.8, 4) is 11.5 Å². The van der Waals surface area contributed by atoms with Crippen LogP contribution in [0.3, 0.4) is 0 Å². The molecule has 32 heavy (non-hydrogen) atoms. The predicted molar refractivity (Wildman–Crippen MR) is 125 cm³/mol. The van der Waals surface area contributed by atoms with Gasteiger partial charge in [0.15, 0.2) is 11.5 Å². The second kappa shape index (κ2) is 11.3. The van der Waals surface area contributed by atoms with Gasteiger partial charge in [0, 0.05) is 23.0 Å². The lowest BCUT2D eigenvalue weighted by atomic mass is 10.2. The maximum Gasteiger partial charge on any atom is 0.163 e. The second-order valence-electron chi connectivity index (χ2n) is 7.35. The number of nitrogens with zero attached hydrogens (tertiary/aromatic N) is 3. The van der Waals surface area contributed by atoms with Gasteiger partial charge in [-0.3, -0.25) is 0 Å². The van der Waals surface area contributed by atoms with E-state index in [9.17, 15) is 9.50 Å². The second-order valence-corrected chi connectivity index (χ2v) is 7.79. The third-order valence-corrected chi connectivity index (χ3v) is 5.23. The molecule has 0 amide bonds. The summed E-state index contributed by atoms with van der Waals surface area (Å²) >= 11 is 5.83. The minimum absolute atomic E-state index is 0.119. The fourth-order valence-corrected chi connectivity index (χ4v) is 3.54. The molecule has 0 bridgehead atoms. The Morgan fingerprint density at radius 3 is 2.69 bits per heavy atom. The first-order valence-electron chi connectivity index (χ1n) is 10.5. The van der Waals surface area contributed by atoms with E-state index >= 15 is 0 Å². The number of aromatic nitrogens is 2. The molecule has 172 valence electrons. The minimum atomic E-state index is -0.641. The summed E-state index contributed by atoms with van der Waals surface area (Å²) in [5.41, 5.74) is 0.827. The highest BCUT2D eigenvalue weighted by Crippen LogP contribution is 2.35. The quantitative estimate of drug-likeness (QED) is 0.429. The van der Waals surface area contributed by atoms with Gasteiger partial charge in [0.2, 0.25) is 0 Å². The molecule has 0 saturated heterocycles. The van der Waals surface area contributed by atoms with Crippen LogP contribution >= 0.6 is 11.6 Å². The Labute approximate surface area is 192 Å². The van der Waals surface area contributed by atoms with E-state index in [4.69, 9.17) is 21.1 Å². The van der Waals surface area contributed by atoms with E-state index in [1.165, 1.54) is 19.5 Å². The SMILES string of the molecule is CCCN(CC)CC(O)COc1cc2ncnc(Nc3ccc(Cl)cc3F)c2cc1OC. The Kier molecular flexibility index (Phi) is 8.44. The summed E-state index contributed by atoms with van der Waals surface area (Å²) in [6.45, 7) is 6.62. The number of benzene rings is 2. The number of rotatable bonds is 11. The number of aliphatic hydroxyl groups excluding tert-OH is 1. The van der Waals surface area contributed by atoms with Crippen molar-refractivity contribution in [1.82, 2.24) is 14.9 Å². The zero-order valence-electron chi connectivity index (χ0n) is 18.4. The summed E-state index contributed by atoms with van der Waals surface area (Å²) in [6.07, 6.45) is 1.76. The van der Waals surface area contributed by atoms with Gasteiger partial charge < -0.3 is 24.8 Å². The van der Waals surface area contributed by atoms with Crippen molar-refractivity contribution in [2.24, 2.45) is 0 Å². The molecule has 0 aliphatic rings. The number of hydrogen-bond acceptors (Lipinski definition) is 7. The molecule has 0 spiro atoms. The topological polar surface area (TPSA) is 79.7 Å². The molecule has 0 saturated carbocycles. The highest BCUT2D eigenvalue weighted by atomic mass is 35.5. The fraction of sp³-hybridized carbons (Fsp3) is 0.391. The standard InChI is InChI=1S/C23H28ClFN4O3/c1-4-8-29(5-2)12-16(30)13-32-22-11-20-17(10-21(22)31-3)23(27-14-26-20)28-19-7-6-15(24)9-18(19)25/h6-7,9-11,14,16,30H,4-5,8,12-13H2,1-3H3,(H,26,27,28). The zero-order chi connectivity index (χ0) is 23.1. The van der Waals surface area contributed by atoms with Gasteiger partial charge in [-0.2, -0.15) is 0 Å². The van der Waals surface area contributed by atoms with Gasteiger partial charge in [-0.25, -0.2) is 14.4 Å². The van der Waals surface area contributed by atoms with Crippen molar-refractivity contribution < 1.29 is 19.0 Å². The minimum Gasteiger partial charge on any atom is -0.493 e. The fourth-order valence-electron chi connectivity index (χ4n) is 3.39. The molecular weight excluding hydrogens is 435 g/mol. The first kappa shape index (κ1) is 24.0. The van der Waals surface area contributed by atoms with Crippen molar-refractivity contribution in [2.45, 2.75) is 26.4 Å². The molecule has 9 heteroatoms. The van der Waals surface area contributed by atoms with Crippen LogP contribution < -0.4 is 14.8 Å². The van der Waals surface area contributed by atoms with E-state index in [1.54, 1.807) is 24.3 Å². The average molecular weight is 463 g/mol. The van der Waals surface area contributed by atoms with Crippen LogP contribution in [0.25, 0.3) is 10.9 Å². The molecule has 0 aliphatic heterocycles. The maximum atomic E-state index is 14.2. The van der Waals surface area contributed by atoms with Gasteiger partial charge in [-0.1, -0.05) is 25.4 Å². The number of aliphatic hydroxyl groups is 1. The molecule has 2 aromatic carbocycles. The maximum absolute atomic E-state index is 14.2. The zero-order valence-corrected chi connectivity index (χ0v) is 19.2. The van der Waals surface area contributed by atoms with E-state index in [2.05, 4.69) is 34.0 Å². The third kappa shape index (κ3) is 5.97. The number of halogens is 2. The number of nitrogens with one attached hydrogen (secondary N) is 1. The van der Waals surface area contributed by atoms with Gasteiger partial charge in [-0.05, 0) is 43.8 Å². The van der Waals surface area contributed by atoms with E-state index in [-0.39, 0.29) is 12.3 Å². The van der Waals surface area contributed by atoms with Gasteiger partial charge in [0.25, 0.3) is 0 Å². The Balaban J connectivity index is 1.81. The lowest BCUT2D eigenvalue weighted by molar-refractivity contribution is 0.0689. The van der Waals surface area contributed by atoms with Crippen molar-refractivity contribution in [3.05, 3.63) is 47.5 Å². The largest absolute Gasteiger partial charge is 0.493 e. The summed E-state index contributed by atoms with van der Waals surface area (Å²) in [4.78, 5) is 10.7. The number of hydrogen-bond donors (Lipinski definition) is 2. The van der Waals surface area contributed by atoms with Crippen LogP contribution in [0.15, 0.2) is 36.7 Å². The predicted octanol–water partition coefficient (Wildman–Crippen LogP) is 4.65. The van der Waals surface area contributed by atoms with Crippen LogP contribution in [-0.4, -0.2) is 59.4 Å². The molecule has 1 aromatic heterocycles. The molecule has 0 radical (unpaired) electrons. The van der Waals surface area contributed by atoms with Crippen LogP contribution in [0.1, 0.15) is 20.3 Å². The van der Waals surface area contributed by atoms with Crippen LogP contribution in [0.4, 0.5) is 15.9 Å². The molecule has 1 heterocycles. The van der Waals surface area contributed by atoms with Crippen molar-refractivity contribution in [3.63, 3.8) is 0 Å². The van der Waals surface area contributed by atoms with Gasteiger partial charge >= 0.3 is 0 Å². The van der Waals surface area contributed by atoms with E-state index in [1.807, 2.05) is 0 Å². The Morgan fingerprint density at radius 1 is 1.19 bits per heavy atom. The molecule has 1 atom stereocenters. The number of likely N-dealkylation sites (N-methyl/N-ethyl adjacent to an activating group) is 1. The molecule has 0 aliphatic carbocycles. The molecule has 3 rings (SSSR count). The first-order valence-corrected chi connectivity index (χ1v) is 10.9. The molecule has 1 unspecified atom stereocenters.